The van der Waals surface area contributed by atoms with Gasteiger partial charge in [0.25, 0.3) is 5.91 Å². The largest absolute Gasteiger partial charge is 0.482 e. The van der Waals surface area contributed by atoms with Gasteiger partial charge in [-0.25, -0.2) is 9.69 Å². The highest BCUT2D eigenvalue weighted by molar-refractivity contribution is 6.32. The predicted molar refractivity (Wildman–Crippen MR) is 157 cm³/mol. The number of nitrogens with zero attached hydrogens (tertiary/aromatic N) is 3. The molecule has 1 saturated carbocycles. The number of carbonyl (C=O) groups is 3. The van der Waals surface area contributed by atoms with Crippen LogP contribution >= 0.6 is 11.6 Å². The number of imide groups is 1. The van der Waals surface area contributed by atoms with E-state index in [1.165, 1.54) is 4.90 Å². The maximum absolute atomic E-state index is 13.8. The van der Waals surface area contributed by atoms with Crippen molar-refractivity contribution in [2.45, 2.75) is 31.2 Å². The van der Waals surface area contributed by atoms with Gasteiger partial charge in [0, 0.05) is 35.1 Å². The molecule has 8 nitrogen and oxygen atoms in total. The lowest BCUT2D eigenvalue weighted by molar-refractivity contribution is -0.124. The predicted octanol–water partition coefficient (Wildman–Crippen LogP) is 5.92. The third-order valence-corrected chi connectivity index (χ3v) is 8.94. The molecular weight excluding hydrogens is 540 g/mol. The molecule has 3 heterocycles. The number of amides is 4. The first kappa shape index (κ1) is 25.5. The van der Waals surface area contributed by atoms with Gasteiger partial charge >= 0.3 is 6.03 Å². The molecule has 3 aliphatic rings. The van der Waals surface area contributed by atoms with E-state index in [1.807, 2.05) is 60.7 Å². The maximum Gasteiger partial charge on any atom is 0.329 e. The lowest BCUT2D eigenvalue weighted by atomic mass is 9.72. The molecule has 4 amide bonds. The van der Waals surface area contributed by atoms with E-state index in [9.17, 15) is 14.4 Å². The molecule has 1 aromatic heterocycles. The van der Waals surface area contributed by atoms with Crippen LogP contribution in [-0.4, -0.2) is 42.5 Å². The zero-order valence-corrected chi connectivity index (χ0v) is 23.1. The van der Waals surface area contributed by atoms with Crippen LogP contribution in [0.25, 0.3) is 21.9 Å². The second-order valence-corrected chi connectivity index (χ2v) is 11.3. The second kappa shape index (κ2) is 9.89. The molecule has 2 aliphatic heterocycles. The van der Waals surface area contributed by atoms with Crippen molar-refractivity contribution in [3.05, 3.63) is 83.6 Å². The summed E-state index contributed by atoms with van der Waals surface area (Å²) in [6.07, 6.45) is 5.28. The average molecular weight is 567 g/mol. The lowest BCUT2D eigenvalue weighted by Crippen LogP contribution is -2.61. The number of nitrogens with one attached hydrogen (secondary N) is 1. The van der Waals surface area contributed by atoms with E-state index in [1.54, 1.807) is 24.3 Å². The summed E-state index contributed by atoms with van der Waals surface area (Å²) < 4.78 is 5.73. The maximum atomic E-state index is 13.8. The van der Waals surface area contributed by atoms with E-state index in [2.05, 4.69) is 10.3 Å². The zero-order valence-electron chi connectivity index (χ0n) is 22.3. The molecule has 4 aromatic rings. The van der Waals surface area contributed by atoms with Gasteiger partial charge in [-0.05, 0) is 60.1 Å². The smallest absolute Gasteiger partial charge is 0.329 e. The minimum Gasteiger partial charge on any atom is -0.482 e. The topological polar surface area (TPSA) is 91.8 Å². The molecule has 3 aromatic carbocycles. The van der Waals surface area contributed by atoms with Crippen LogP contribution in [-0.2, 0) is 9.59 Å². The van der Waals surface area contributed by atoms with Crippen LogP contribution in [0.5, 0.6) is 5.75 Å². The number of benzene rings is 3. The van der Waals surface area contributed by atoms with E-state index in [4.69, 9.17) is 16.3 Å². The Morgan fingerprint density at radius 3 is 2.71 bits per heavy atom. The quantitative estimate of drug-likeness (QED) is 0.332. The summed E-state index contributed by atoms with van der Waals surface area (Å²) in [6, 6.07) is 18.5. The minimum atomic E-state index is -0.431. The lowest BCUT2D eigenvalue weighted by Gasteiger charge is -2.43. The van der Waals surface area contributed by atoms with Crippen LogP contribution in [0.4, 0.5) is 16.2 Å². The fourth-order valence-corrected chi connectivity index (χ4v) is 6.86. The highest BCUT2D eigenvalue weighted by Crippen LogP contribution is 2.46. The molecule has 0 spiro atoms. The van der Waals surface area contributed by atoms with Crippen molar-refractivity contribution in [3.8, 4) is 16.9 Å². The first-order chi connectivity index (χ1) is 19.9. The van der Waals surface area contributed by atoms with Gasteiger partial charge in [0.2, 0.25) is 5.91 Å². The first-order valence-corrected chi connectivity index (χ1v) is 14.1. The number of halogens is 1. The van der Waals surface area contributed by atoms with Gasteiger partial charge in [0.05, 0.1) is 23.5 Å². The molecule has 9 heteroatoms. The molecule has 7 rings (SSSR count). The number of likely N-dealkylation sites (N-methyl/N-ethyl adjacent to an activating group) is 1. The van der Waals surface area contributed by atoms with Gasteiger partial charge < -0.3 is 15.0 Å². The van der Waals surface area contributed by atoms with Crippen molar-refractivity contribution >= 4 is 51.6 Å². The van der Waals surface area contributed by atoms with E-state index >= 15 is 0 Å². The Balaban J connectivity index is 1.18. The van der Waals surface area contributed by atoms with Crippen molar-refractivity contribution in [1.82, 2.24) is 10.3 Å². The molecule has 41 heavy (non-hydrogen) atoms. The van der Waals surface area contributed by atoms with Crippen molar-refractivity contribution in [1.29, 1.82) is 0 Å². The fourth-order valence-electron chi connectivity index (χ4n) is 6.53. The van der Waals surface area contributed by atoms with Crippen molar-refractivity contribution in [2.75, 3.05) is 23.5 Å². The van der Waals surface area contributed by atoms with E-state index in [0.29, 0.717) is 29.3 Å². The Morgan fingerprint density at radius 1 is 0.976 bits per heavy atom. The number of carbonyl (C=O) groups excluding carboxylic acids is 3. The number of hydrogen-bond acceptors (Lipinski definition) is 5. The number of anilines is 2. The first-order valence-electron chi connectivity index (χ1n) is 13.7. The summed E-state index contributed by atoms with van der Waals surface area (Å²) in [5, 5.41) is 5.45. The Kier molecular flexibility index (Phi) is 6.16. The van der Waals surface area contributed by atoms with Crippen molar-refractivity contribution in [2.24, 2.45) is 5.92 Å². The molecule has 0 radical (unpaired) electrons. The fraction of sp³-hybridized carbons (Fsp3) is 0.250. The van der Waals surface area contributed by atoms with E-state index in [0.717, 1.165) is 39.6 Å². The highest BCUT2D eigenvalue weighted by Gasteiger charge is 2.46. The SMILES string of the molecule is CN1C(=O)COc2cc(-c3cccc(Cl)c3C3CCC4C(=O)N(c5cncc6ccccc56)C(=O)NC4C3)ccc21. The zero-order chi connectivity index (χ0) is 28.2. The Labute approximate surface area is 241 Å². The van der Waals surface area contributed by atoms with Crippen molar-refractivity contribution < 1.29 is 19.1 Å². The molecule has 3 unspecified atom stereocenters. The van der Waals surface area contributed by atoms with Gasteiger partial charge in [-0.2, -0.15) is 0 Å². The Morgan fingerprint density at radius 2 is 1.83 bits per heavy atom. The monoisotopic (exact) mass is 566 g/mol. The average Bonchev–Trinajstić information content (AvgIpc) is 2.98. The molecule has 1 N–H and O–H groups in total. The van der Waals surface area contributed by atoms with Gasteiger partial charge in [0.15, 0.2) is 6.61 Å². The van der Waals surface area contributed by atoms with Gasteiger partial charge in [-0.3, -0.25) is 14.6 Å². The molecule has 206 valence electrons. The Hall–Kier alpha value is -4.43. The van der Waals surface area contributed by atoms with Crippen LogP contribution < -0.4 is 19.9 Å². The number of ether oxygens (including phenoxy) is 1. The van der Waals surface area contributed by atoms with Gasteiger partial charge in [-0.15, -0.1) is 0 Å². The summed E-state index contributed by atoms with van der Waals surface area (Å²) in [5.41, 5.74) is 4.13. The van der Waals surface area contributed by atoms with Crippen molar-refractivity contribution in [3.63, 3.8) is 0 Å². The normalized spacial score (nSPS) is 22.2. The standard InChI is InChI=1S/C32H27ClN4O4/c1-36-26-12-10-18(14-28(26)41-17-29(36)38)22-7-4-8-24(33)30(22)19-9-11-23-25(13-19)35-32(40)37(31(23)39)27-16-34-15-20-5-2-3-6-21(20)27/h2-8,10,12,14-16,19,23,25H,9,11,13,17H2,1H3,(H,35,40). The van der Waals surface area contributed by atoms with Crippen LogP contribution in [0, 0.1) is 5.92 Å². The van der Waals surface area contributed by atoms with Crippen LogP contribution in [0.15, 0.2) is 73.1 Å². The molecule has 1 saturated heterocycles. The van der Waals surface area contributed by atoms with Crippen LogP contribution in [0.1, 0.15) is 30.7 Å². The number of hydrogen-bond donors (Lipinski definition) is 1. The third-order valence-electron chi connectivity index (χ3n) is 8.61. The molecular formula is C32H27ClN4O4. The number of fused-ring (bicyclic) bond motifs is 3. The number of urea groups is 1. The Bertz CT molecular complexity index is 1740. The highest BCUT2D eigenvalue weighted by atomic mass is 35.5. The molecule has 0 bridgehead atoms. The van der Waals surface area contributed by atoms with Gasteiger partial charge in [-0.1, -0.05) is 54.1 Å². The summed E-state index contributed by atoms with van der Waals surface area (Å²) >= 11 is 6.84. The molecule has 2 fully saturated rings. The summed E-state index contributed by atoms with van der Waals surface area (Å²) in [7, 11) is 1.74. The number of rotatable bonds is 3. The van der Waals surface area contributed by atoms with Gasteiger partial charge in [0.1, 0.15) is 5.75 Å². The molecule has 1 aliphatic carbocycles. The number of aromatic nitrogens is 1. The molecule has 3 atom stereocenters. The van der Waals surface area contributed by atoms with E-state index < -0.39 is 6.03 Å². The van der Waals surface area contributed by atoms with E-state index in [-0.39, 0.29) is 36.3 Å². The summed E-state index contributed by atoms with van der Waals surface area (Å²) in [5.74, 6) is 0.0662. The summed E-state index contributed by atoms with van der Waals surface area (Å²) in [6.45, 7) is 0.000627. The summed E-state index contributed by atoms with van der Waals surface area (Å²) in [4.78, 5) is 46.4. The van der Waals surface area contributed by atoms with Crippen LogP contribution in [0.2, 0.25) is 5.02 Å². The van der Waals surface area contributed by atoms with Crippen LogP contribution in [0.3, 0.4) is 0 Å². The second-order valence-electron chi connectivity index (χ2n) is 10.9. The number of pyridine rings is 1. The minimum absolute atomic E-state index is 0.000627. The third kappa shape index (κ3) is 4.21.